The molecule has 0 fully saturated rings. The third-order valence-electron chi connectivity index (χ3n) is 6.11. The maximum atomic E-state index is 13.3. The van der Waals surface area contributed by atoms with Crippen molar-refractivity contribution in [3.8, 4) is 11.8 Å². The highest BCUT2D eigenvalue weighted by atomic mass is 35.5. The van der Waals surface area contributed by atoms with Crippen molar-refractivity contribution in [2.24, 2.45) is 5.41 Å². The molecule has 1 amide bonds. The normalized spacial score (nSPS) is 18.8. The van der Waals surface area contributed by atoms with Crippen molar-refractivity contribution < 1.29 is 14.3 Å². The Balaban J connectivity index is 1.64. The van der Waals surface area contributed by atoms with Crippen LogP contribution in [0.5, 0.6) is 5.75 Å². The maximum Gasteiger partial charge on any atom is 0.234 e. The highest BCUT2D eigenvalue weighted by Crippen LogP contribution is 2.48. The first kappa shape index (κ1) is 26.2. The number of Topliss-reactive ketones (excluding diaryl/α,β-unsaturated/α-hetero) is 1. The summed E-state index contributed by atoms with van der Waals surface area (Å²) < 4.78 is 5.30. The van der Waals surface area contributed by atoms with Gasteiger partial charge in [-0.05, 0) is 47.7 Å². The largest absolute Gasteiger partial charge is 0.495 e. The number of anilines is 1. The molecular formula is C27H25Cl2N3O3S. The predicted octanol–water partition coefficient (Wildman–Crippen LogP) is 6.44. The lowest BCUT2D eigenvalue weighted by molar-refractivity contribution is -0.118. The van der Waals surface area contributed by atoms with Gasteiger partial charge in [0, 0.05) is 27.7 Å². The summed E-state index contributed by atoms with van der Waals surface area (Å²) in [6, 6.07) is 14.5. The van der Waals surface area contributed by atoms with Crippen molar-refractivity contribution in [1.82, 2.24) is 5.32 Å². The molecule has 0 spiro atoms. The number of methoxy groups -OCH3 is 1. The van der Waals surface area contributed by atoms with Gasteiger partial charge in [-0.2, -0.15) is 5.26 Å². The summed E-state index contributed by atoms with van der Waals surface area (Å²) in [5.41, 5.74) is 2.88. The number of allylic oxidation sites excluding steroid dienone is 3. The van der Waals surface area contributed by atoms with E-state index in [1.165, 1.54) is 18.9 Å². The number of nitriles is 1. The van der Waals surface area contributed by atoms with E-state index in [4.69, 9.17) is 27.9 Å². The average molecular weight is 542 g/mol. The molecule has 1 aliphatic heterocycles. The molecule has 1 unspecified atom stereocenters. The van der Waals surface area contributed by atoms with E-state index in [9.17, 15) is 14.9 Å². The van der Waals surface area contributed by atoms with Gasteiger partial charge < -0.3 is 15.4 Å². The molecule has 186 valence electrons. The molecule has 1 atom stereocenters. The van der Waals surface area contributed by atoms with Gasteiger partial charge in [0.1, 0.15) is 5.75 Å². The SMILES string of the molecule is COc1ccc(Cl)cc1NC(=O)CSC1=C(C#N)C(c2ccc(Cl)cc2)C2=C(CC(C)(C)CC2=O)N1. The number of halogens is 2. The summed E-state index contributed by atoms with van der Waals surface area (Å²) in [5, 5.41) is 17.9. The van der Waals surface area contributed by atoms with Gasteiger partial charge >= 0.3 is 0 Å². The zero-order chi connectivity index (χ0) is 26.0. The number of rotatable bonds is 6. The lowest BCUT2D eigenvalue weighted by atomic mass is 9.69. The molecule has 2 aromatic rings. The van der Waals surface area contributed by atoms with Crippen molar-refractivity contribution in [2.75, 3.05) is 18.2 Å². The molecule has 4 rings (SSSR count). The predicted molar refractivity (Wildman–Crippen MR) is 144 cm³/mol. The molecule has 0 radical (unpaired) electrons. The van der Waals surface area contributed by atoms with E-state index in [1.807, 2.05) is 12.1 Å². The summed E-state index contributed by atoms with van der Waals surface area (Å²) >= 11 is 13.4. The first-order chi connectivity index (χ1) is 17.1. The molecule has 1 heterocycles. The number of dihydropyridines is 1. The zero-order valence-electron chi connectivity index (χ0n) is 20.1. The monoisotopic (exact) mass is 541 g/mol. The molecule has 9 heteroatoms. The van der Waals surface area contributed by atoms with Crippen LogP contribution in [-0.4, -0.2) is 24.6 Å². The maximum absolute atomic E-state index is 13.3. The van der Waals surface area contributed by atoms with Gasteiger partial charge in [-0.3, -0.25) is 9.59 Å². The fourth-order valence-corrected chi connectivity index (χ4v) is 5.74. The number of carbonyl (C=O) groups excluding carboxylic acids is 2. The Kier molecular flexibility index (Phi) is 7.70. The van der Waals surface area contributed by atoms with Gasteiger partial charge in [-0.1, -0.05) is 60.9 Å². The molecule has 6 nitrogen and oxygen atoms in total. The van der Waals surface area contributed by atoms with E-state index in [-0.39, 0.29) is 22.9 Å². The fraction of sp³-hybridized carbons (Fsp3) is 0.296. The summed E-state index contributed by atoms with van der Waals surface area (Å²) in [7, 11) is 1.51. The van der Waals surface area contributed by atoms with E-state index in [0.29, 0.717) is 50.5 Å². The number of carbonyl (C=O) groups is 2. The molecule has 0 aromatic heterocycles. The third kappa shape index (κ3) is 5.57. The van der Waals surface area contributed by atoms with Crippen LogP contribution in [0.15, 0.2) is 64.3 Å². The van der Waals surface area contributed by atoms with Crippen LogP contribution in [0.25, 0.3) is 0 Å². The second-order valence-corrected chi connectivity index (χ2v) is 11.3. The zero-order valence-corrected chi connectivity index (χ0v) is 22.4. The van der Waals surface area contributed by atoms with Gasteiger partial charge in [-0.25, -0.2) is 0 Å². The number of amides is 1. The fourth-order valence-electron chi connectivity index (χ4n) is 4.58. The van der Waals surface area contributed by atoms with Gasteiger partial charge in [0.15, 0.2) is 5.78 Å². The number of nitrogens with one attached hydrogen (secondary N) is 2. The van der Waals surface area contributed by atoms with Crippen molar-refractivity contribution >= 4 is 52.3 Å². The van der Waals surface area contributed by atoms with Crippen LogP contribution in [0, 0.1) is 16.7 Å². The van der Waals surface area contributed by atoms with Crippen molar-refractivity contribution in [3.05, 3.63) is 79.9 Å². The number of ketones is 1. The summed E-state index contributed by atoms with van der Waals surface area (Å²) in [4.78, 5) is 26.1. The minimum Gasteiger partial charge on any atom is -0.495 e. The van der Waals surface area contributed by atoms with Crippen LogP contribution >= 0.6 is 35.0 Å². The van der Waals surface area contributed by atoms with Crippen LogP contribution in [-0.2, 0) is 9.59 Å². The van der Waals surface area contributed by atoms with E-state index >= 15 is 0 Å². The van der Waals surface area contributed by atoms with Crippen LogP contribution in [0.3, 0.4) is 0 Å². The Hall–Kier alpha value is -2.92. The Morgan fingerprint density at radius 1 is 1.19 bits per heavy atom. The van der Waals surface area contributed by atoms with Gasteiger partial charge in [0.2, 0.25) is 5.91 Å². The second kappa shape index (κ2) is 10.6. The number of thioether (sulfide) groups is 1. The summed E-state index contributed by atoms with van der Waals surface area (Å²) in [5.74, 6) is -0.251. The molecule has 0 saturated heterocycles. The molecule has 0 saturated carbocycles. The topological polar surface area (TPSA) is 91.2 Å². The lowest BCUT2D eigenvalue weighted by Gasteiger charge is -2.39. The summed E-state index contributed by atoms with van der Waals surface area (Å²) in [6.07, 6.45) is 1.06. The van der Waals surface area contributed by atoms with E-state index in [2.05, 4.69) is 30.6 Å². The Morgan fingerprint density at radius 3 is 2.56 bits per heavy atom. The number of nitrogens with zero attached hydrogens (tertiary/aromatic N) is 1. The Morgan fingerprint density at radius 2 is 1.89 bits per heavy atom. The minimum atomic E-state index is -0.522. The molecule has 1 aliphatic carbocycles. The molecule has 2 aliphatic rings. The standard InChI is InChI=1S/C27H25Cl2N3O3S/c1-27(2)11-20-25(21(33)12-27)24(15-4-6-16(28)7-5-15)18(13-30)26(32-20)36-14-23(34)31-19-10-17(29)8-9-22(19)35-3/h4-10,24,32H,11-12,14H2,1-3H3,(H,31,34). The van der Waals surface area contributed by atoms with Crippen molar-refractivity contribution in [2.45, 2.75) is 32.6 Å². The smallest absolute Gasteiger partial charge is 0.234 e. The summed E-state index contributed by atoms with van der Waals surface area (Å²) in [6.45, 7) is 4.10. The number of ether oxygens (including phenoxy) is 1. The highest BCUT2D eigenvalue weighted by molar-refractivity contribution is 8.03. The average Bonchev–Trinajstić information content (AvgIpc) is 2.81. The molecule has 0 bridgehead atoms. The molecular weight excluding hydrogens is 517 g/mol. The third-order valence-corrected chi connectivity index (χ3v) is 7.62. The Bertz CT molecular complexity index is 1330. The van der Waals surface area contributed by atoms with Gasteiger partial charge in [0.05, 0.1) is 41.1 Å². The van der Waals surface area contributed by atoms with Crippen LogP contribution in [0.2, 0.25) is 10.0 Å². The quantitative estimate of drug-likeness (QED) is 0.437. The lowest BCUT2D eigenvalue weighted by Crippen LogP contribution is -2.37. The van der Waals surface area contributed by atoms with Crippen molar-refractivity contribution in [1.29, 1.82) is 5.26 Å². The number of hydrogen-bond donors (Lipinski definition) is 2. The van der Waals surface area contributed by atoms with Crippen LogP contribution in [0.4, 0.5) is 5.69 Å². The second-order valence-electron chi connectivity index (χ2n) is 9.48. The first-order valence-electron chi connectivity index (χ1n) is 11.3. The van der Waals surface area contributed by atoms with Gasteiger partial charge in [-0.15, -0.1) is 0 Å². The van der Waals surface area contributed by atoms with Crippen LogP contribution in [0.1, 0.15) is 38.2 Å². The highest BCUT2D eigenvalue weighted by Gasteiger charge is 2.42. The van der Waals surface area contributed by atoms with Crippen molar-refractivity contribution in [3.63, 3.8) is 0 Å². The number of benzene rings is 2. The Labute approximate surface area is 224 Å². The van der Waals surface area contributed by atoms with E-state index < -0.39 is 5.92 Å². The molecule has 2 aromatic carbocycles. The molecule has 36 heavy (non-hydrogen) atoms. The van der Waals surface area contributed by atoms with Crippen LogP contribution < -0.4 is 15.4 Å². The van der Waals surface area contributed by atoms with E-state index in [1.54, 1.807) is 30.3 Å². The van der Waals surface area contributed by atoms with Gasteiger partial charge in [0.25, 0.3) is 0 Å². The minimum absolute atomic E-state index is 0.0243. The molecule has 2 N–H and O–H groups in total. The number of hydrogen-bond acceptors (Lipinski definition) is 6. The first-order valence-corrected chi connectivity index (χ1v) is 13.0. The van der Waals surface area contributed by atoms with E-state index in [0.717, 1.165) is 11.3 Å².